The van der Waals surface area contributed by atoms with Crippen molar-refractivity contribution in [2.45, 2.75) is 46.1 Å². The quantitative estimate of drug-likeness (QED) is 0.339. The molecule has 8 heteroatoms. The Morgan fingerprint density at radius 1 is 1.11 bits per heavy atom. The van der Waals surface area contributed by atoms with Crippen molar-refractivity contribution in [2.24, 2.45) is 5.92 Å². The standard InChI is InChI=1S/C27H31N5O2S/c1-3-14-35(33,34)31-22-9-7-21(8-10-22)27-26(28)23-11-6-20(16-25-29-13-12-18(2)30-25)15-24(23)32(27)17-19-4-5-19/h6-13,15,19,31H,3-5,14,16-17,28H2,1-2H3. The lowest BCUT2D eigenvalue weighted by atomic mass is 10.1. The number of nitrogens with zero attached hydrogens (tertiary/aromatic N) is 3. The van der Waals surface area contributed by atoms with Gasteiger partial charge in [-0.05, 0) is 61.9 Å². The molecule has 0 atom stereocenters. The maximum atomic E-state index is 12.1. The Labute approximate surface area is 206 Å². The second-order valence-electron chi connectivity index (χ2n) is 9.46. The van der Waals surface area contributed by atoms with Gasteiger partial charge < -0.3 is 10.3 Å². The molecule has 0 amide bonds. The lowest BCUT2D eigenvalue weighted by molar-refractivity contribution is 0.600. The lowest BCUT2D eigenvalue weighted by Crippen LogP contribution is -2.15. The van der Waals surface area contributed by atoms with Crippen molar-refractivity contribution in [3.05, 3.63) is 71.8 Å². The molecule has 0 radical (unpaired) electrons. The number of aromatic nitrogens is 3. The largest absolute Gasteiger partial charge is 0.396 e. The summed E-state index contributed by atoms with van der Waals surface area (Å²) in [6, 6.07) is 15.8. The van der Waals surface area contributed by atoms with E-state index in [1.807, 2.05) is 44.2 Å². The predicted molar refractivity (Wildman–Crippen MR) is 142 cm³/mol. The minimum absolute atomic E-state index is 0.104. The van der Waals surface area contributed by atoms with E-state index in [4.69, 9.17) is 5.73 Å². The van der Waals surface area contributed by atoms with Crippen LogP contribution in [0.2, 0.25) is 0 Å². The van der Waals surface area contributed by atoms with Gasteiger partial charge in [-0.1, -0.05) is 31.2 Å². The number of sulfonamides is 1. The molecule has 1 aliphatic carbocycles. The Hall–Kier alpha value is -3.39. The highest BCUT2D eigenvalue weighted by Crippen LogP contribution is 2.40. The van der Waals surface area contributed by atoms with E-state index in [2.05, 4.69) is 37.5 Å². The summed E-state index contributed by atoms with van der Waals surface area (Å²) in [5, 5.41) is 1.03. The molecule has 3 N–H and O–H groups in total. The fraction of sp³-hybridized carbons (Fsp3) is 0.333. The Kier molecular flexibility index (Phi) is 6.23. The van der Waals surface area contributed by atoms with Crippen LogP contribution in [0.15, 0.2) is 54.7 Å². The molecule has 0 saturated heterocycles. The van der Waals surface area contributed by atoms with E-state index in [9.17, 15) is 8.42 Å². The zero-order chi connectivity index (χ0) is 24.6. The molecule has 35 heavy (non-hydrogen) atoms. The first-order valence-corrected chi connectivity index (χ1v) is 13.8. The molecule has 2 heterocycles. The highest BCUT2D eigenvalue weighted by atomic mass is 32.2. The Morgan fingerprint density at radius 2 is 1.89 bits per heavy atom. The number of hydrogen-bond acceptors (Lipinski definition) is 5. The fourth-order valence-corrected chi connectivity index (χ4v) is 5.69. The third kappa shape index (κ3) is 5.17. The van der Waals surface area contributed by atoms with Gasteiger partial charge in [-0.3, -0.25) is 4.72 Å². The van der Waals surface area contributed by atoms with Crippen molar-refractivity contribution in [3.8, 4) is 11.3 Å². The number of anilines is 2. The van der Waals surface area contributed by atoms with E-state index in [-0.39, 0.29) is 5.75 Å². The van der Waals surface area contributed by atoms with Crippen LogP contribution >= 0.6 is 0 Å². The SMILES string of the molecule is CCCS(=O)(=O)Nc1ccc(-c2c(N)c3ccc(Cc4nccc(C)n4)cc3n2CC2CC2)cc1. The van der Waals surface area contributed by atoms with E-state index in [0.29, 0.717) is 24.4 Å². The van der Waals surface area contributed by atoms with Crippen molar-refractivity contribution in [1.29, 1.82) is 0 Å². The van der Waals surface area contributed by atoms with Crippen LogP contribution in [0.4, 0.5) is 11.4 Å². The molecular weight excluding hydrogens is 458 g/mol. The van der Waals surface area contributed by atoms with E-state index in [0.717, 1.165) is 51.5 Å². The zero-order valence-electron chi connectivity index (χ0n) is 20.2. The van der Waals surface area contributed by atoms with Crippen molar-refractivity contribution in [1.82, 2.24) is 14.5 Å². The second kappa shape index (κ2) is 9.34. The Morgan fingerprint density at radius 3 is 2.57 bits per heavy atom. The van der Waals surface area contributed by atoms with E-state index < -0.39 is 10.0 Å². The normalized spacial score (nSPS) is 13.9. The summed E-state index contributed by atoms with van der Waals surface area (Å²) >= 11 is 0. The highest BCUT2D eigenvalue weighted by Gasteiger charge is 2.26. The van der Waals surface area contributed by atoms with Crippen LogP contribution in [0.3, 0.4) is 0 Å². The summed E-state index contributed by atoms with van der Waals surface area (Å²) in [5.74, 6) is 1.57. The van der Waals surface area contributed by atoms with Gasteiger partial charge in [0.05, 0.1) is 22.7 Å². The lowest BCUT2D eigenvalue weighted by Gasteiger charge is -2.13. The summed E-state index contributed by atoms with van der Waals surface area (Å²) in [4.78, 5) is 8.97. The van der Waals surface area contributed by atoms with Gasteiger partial charge in [-0.15, -0.1) is 0 Å². The van der Waals surface area contributed by atoms with Crippen molar-refractivity contribution < 1.29 is 8.42 Å². The number of aryl methyl sites for hydroxylation is 1. The average molecular weight is 490 g/mol. The van der Waals surface area contributed by atoms with Crippen LogP contribution in [0.5, 0.6) is 0 Å². The van der Waals surface area contributed by atoms with Gasteiger partial charge in [0.15, 0.2) is 0 Å². The van der Waals surface area contributed by atoms with Crippen LogP contribution in [0.25, 0.3) is 22.2 Å². The van der Waals surface area contributed by atoms with Gasteiger partial charge in [-0.2, -0.15) is 0 Å². The molecule has 1 saturated carbocycles. The first-order valence-electron chi connectivity index (χ1n) is 12.1. The topological polar surface area (TPSA) is 103 Å². The summed E-state index contributed by atoms with van der Waals surface area (Å²) in [6.07, 6.45) is 5.49. The number of benzene rings is 2. The minimum Gasteiger partial charge on any atom is -0.396 e. The monoisotopic (exact) mass is 489 g/mol. The van der Waals surface area contributed by atoms with Crippen LogP contribution in [-0.2, 0) is 23.0 Å². The molecule has 0 spiro atoms. The highest BCUT2D eigenvalue weighted by molar-refractivity contribution is 7.92. The number of fused-ring (bicyclic) bond motifs is 1. The van der Waals surface area contributed by atoms with Gasteiger partial charge in [0.1, 0.15) is 5.82 Å². The van der Waals surface area contributed by atoms with Crippen LogP contribution < -0.4 is 10.5 Å². The maximum absolute atomic E-state index is 12.1. The third-order valence-electron chi connectivity index (χ3n) is 6.42. The first kappa shape index (κ1) is 23.4. The molecule has 182 valence electrons. The molecule has 0 aliphatic heterocycles. The third-order valence-corrected chi connectivity index (χ3v) is 7.91. The van der Waals surface area contributed by atoms with E-state index in [1.54, 1.807) is 6.20 Å². The predicted octanol–water partition coefficient (Wildman–Crippen LogP) is 5.14. The van der Waals surface area contributed by atoms with Gasteiger partial charge in [0.2, 0.25) is 10.0 Å². The maximum Gasteiger partial charge on any atom is 0.232 e. The van der Waals surface area contributed by atoms with Crippen molar-refractivity contribution >= 4 is 32.3 Å². The summed E-state index contributed by atoms with van der Waals surface area (Å²) < 4.78 is 29.3. The van der Waals surface area contributed by atoms with Crippen LogP contribution in [0.1, 0.15) is 43.3 Å². The summed E-state index contributed by atoms with van der Waals surface area (Å²) in [5.41, 5.74) is 13.2. The average Bonchev–Trinajstić information content (AvgIpc) is 3.59. The molecule has 0 bridgehead atoms. The van der Waals surface area contributed by atoms with E-state index in [1.165, 1.54) is 12.8 Å². The molecule has 0 unspecified atom stereocenters. The molecule has 2 aromatic carbocycles. The summed E-state index contributed by atoms with van der Waals surface area (Å²) in [7, 11) is -3.33. The molecule has 2 aromatic heterocycles. The molecule has 7 nitrogen and oxygen atoms in total. The second-order valence-corrected chi connectivity index (χ2v) is 11.3. The number of rotatable bonds is 9. The van der Waals surface area contributed by atoms with Gasteiger partial charge in [0.25, 0.3) is 0 Å². The number of nitrogens with one attached hydrogen (secondary N) is 1. The first-order chi connectivity index (χ1) is 16.8. The zero-order valence-corrected chi connectivity index (χ0v) is 21.0. The fourth-order valence-electron chi connectivity index (χ4n) is 4.56. The van der Waals surface area contributed by atoms with Crippen molar-refractivity contribution in [2.75, 3.05) is 16.2 Å². The molecular formula is C27H31N5O2S. The Bertz CT molecular complexity index is 1470. The smallest absolute Gasteiger partial charge is 0.232 e. The molecule has 4 aromatic rings. The van der Waals surface area contributed by atoms with Crippen molar-refractivity contribution in [3.63, 3.8) is 0 Å². The van der Waals surface area contributed by atoms with Gasteiger partial charge in [0, 0.05) is 41.5 Å². The Balaban J connectivity index is 1.52. The number of nitrogens with two attached hydrogens (primary N) is 1. The van der Waals surface area contributed by atoms with Gasteiger partial charge >= 0.3 is 0 Å². The van der Waals surface area contributed by atoms with Gasteiger partial charge in [-0.25, -0.2) is 18.4 Å². The van der Waals surface area contributed by atoms with E-state index >= 15 is 0 Å². The summed E-state index contributed by atoms with van der Waals surface area (Å²) in [6.45, 7) is 4.74. The minimum atomic E-state index is -3.33. The van der Waals surface area contributed by atoms with Crippen LogP contribution in [-0.4, -0.2) is 28.7 Å². The molecule has 5 rings (SSSR count). The van der Waals surface area contributed by atoms with Crippen LogP contribution in [0, 0.1) is 12.8 Å². The molecule has 1 fully saturated rings. The molecule has 1 aliphatic rings. The number of nitrogen functional groups attached to an aromatic ring is 1. The number of hydrogen-bond donors (Lipinski definition) is 2.